The van der Waals surface area contributed by atoms with Crippen molar-refractivity contribution in [2.75, 3.05) is 20.1 Å². The fourth-order valence-corrected chi connectivity index (χ4v) is 2.09. The molecule has 2 N–H and O–H groups in total. The summed E-state index contributed by atoms with van der Waals surface area (Å²) >= 11 is 6.10. The van der Waals surface area contributed by atoms with Crippen molar-refractivity contribution < 1.29 is 4.79 Å². The minimum atomic E-state index is -0.0957. The normalized spacial score (nSPS) is 10.8. The molecule has 5 heteroatoms. The number of aryl methyl sites for hydroxylation is 1. The van der Waals surface area contributed by atoms with Crippen LogP contribution in [0.25, 0.3) is 0 Å². The number of carbonyl (C=O) groups excluding carboxylic acids is 1. The molecule has 0 bridgehead atoms. The molecule has 1 amide bonds. The van der Waals surface area contributed by atoms with Crippen molar-refractivity contribution in [2.24, 2.45) is 11.1 Å². The fraction of sp³-hybridized carbons (Fsp3) is 0.500. The molecule has 0 unspecified atom stereocenters. The van der Waals surface area contributed by atoms with Gasteiger partial charge in [0, 0.05) is 13.6 Å². The predicted octanol–water partition coefficient (Wildman–Crippen LogP) is 3.13. The van der Waals surface area contributed by atoms with E-state index in [1.165, 1.54) is 0 Å². The first-order chi connectivity index (χ1) is 8.26. The van der Waals surface area contributed by atoms with Gasteiger partial charge in [-0.05, 0) is 36.6 Å². The van der Waals surface area contributed by atoms with E-state index in [4.69, 9.17) is 17.3 Å². The second kappa shape index (κ2) is 7.13. The monoisotopic (exact) mass is 304 g/mol. The minimum absolute atomic E-state index is 0. The third kappa shape index (κ3) is 5.01. The zero-order valence-corrected chi connectivity index (χ0v) is 13.4. The fourth-order valence-electron chi connectivity index (χ4n) is 1.78. The lowest BCUT2D eigenvalue weighted by molar-refractivity contribution is 0.0741. The van der Waals surface area contributed by atoms with E-state index in [0.717, 1.165) is 5.56 Å². The molecule has 0 aliphatic heterocycles. The summed E-state index contributed by atoms with van der Waals surface area (Å²) in [6.45, 7) is 7.15. The highest BCUT2D eigenvalue weighted by atomic mass is 35.5. The van der Waals surface area contributed by atoms with Crippen LogP contribution in [-0.4, -0.2) is 30.9 Å². The van der Waals surface area contributed by atoms with Gasteiger partial charge >= 0.3 is 0 Å². The van der Waals surface area contributed by atoms with E-state index in [1.54, 1.807) is 24.1 Å². The van der Waals surface area contributed by atoms with Crippen LogP contribution >= 0.6 is 24.0 Å². The number of benzene rings is 1. The van der Waals surface area contributed by atoms with E-state index in [-0.39, 0.29) is 23.7 Å². The molecule has 0 saturated heterocycles. The van der Waals surface area contributed by atoms with Crippen molar-refractivity contribution in [1.82, 2.24) is 4.90 Å². The lowest BCUT2D eigenvalue weighted by atomic mass is 9.93. The molecule has 1 rings (SSSR count). The van der Waals surface area contributed by atoms with Gasteiger partial charge in [-0.25, -0.2) is 0 Å². The highest BCUT2D eigenvalue weighted by Crippen LogP contribution is 2.21. The molecule has 108 valence electrons. The van der Waals surface area contributed by atoms with Gasteiger partial charge in [-0.2, -0.15) is 0 Å². The van der Waals surface area contributed by atoms with Crippen LogP contribution in [0.4, 0.5) is 0 Å². The topological polar surface area (TPSA) is 46.3 Å². The Kier molecular flexibility index (Phi) is 6.84. The Hall–Kier alpha value is -0.770. The molecule has 0 aromatic heterocycles. The van der Waals surface area contributed by atoms with Crippen molar-refractivity contribution in [3.05, 3.63) is 34.3 Å². The third-order valence-corrected chi connectivity index (χ3v) is 3.23. The average molecular weight is 305 g/mol. The van der Waals surface area contributed by atoms with E-state index >= 15 is 0 Å². The van der Waals surface area contributed by atoms with Crippen molar-refractivity contribution in [3.63, 3.8) is 0 Å². The molecule has 0 saturated carbocycles. The van der Waals surface area contributed by atoms with Gasteiger partial charge in [0.25, 0.3) is 5.91 Å². The number of nitrogens with two attached hydrogens (primary N) is 1. The summed E-state index contributed by atoms with van der Waals surface area (Å²) in [5, 5.41) is 0.498. The first-order valence-electron chi connectivity index (χ1n) is 5.98. The Bertz CT molecular complexity index is 447. The number of nitrogens with zero attached hydrogens (tertiary/aromatic N) is 1. The lowest BCUT2D eigenvalue weighted by Crippen LogP contribution is -2.39. The predicted molar refractivity (Wildman–Crippen MR) is 83.2 cm³/mol. The highest BCUT2D eigenvalue weighted by molar-refractivity contribution is 6.33. The van der Waals surface area contributed by atoms with Crippen LogP contribution in [0.5, 0.6) is 0 Å². The SMILES string of the molecule is Cc1ccc(C(=O)N(C)CC(C)(C)CN)c(Cl)c1.Cl. The molecule has 19 heavy (non-hydrogen) atoms. The van der Waals surface area contributed by atoms with Crippen LogP contribution in [0.2, 0.25) is 5.02 Å². The summed E-state index contributed by atoms with van der Waals surface area (Å²) in [5.74, 6) is -0.0680. The molecule has 3 nitrogen and oxygen atoms in total. The molecule has 0 aliphatic carbocycles. The Morgan fingerprint density at radius 1 is 1.42 bits per heavy atom. The molecule has 0 fully saturated rings. The first-order valence-corrected chi connectivity index (χ1v) is 6.36. The van der Waals surface area contributed by atoms with Gasteiger partial charge < -0.3 is 10.6 Å². The van der Waals surface area contributed by atoms with Gasteiger partial charge in [0.1, 0.15) is 0 Å². The Balaban J connectivity index is 0.00000324. The largest absolute Gasteiger partial charge is 0.341 e. The smallest absolute Gasteiger partial charge is 0.255 e. The maximum absolute atomic E-state index is 12.3. The Labute approximate surface area is 126 Å². The standard InChI is InChI=1S/C14H21ClN2O.ClH/c1-10-5-6-11(12(15)7-10)13(18)17(4)9-14(2,3)8-16;/h5-7H,8-9,16H2,1-4H3;1H. The van der Waals surface area contributed by atoms with Gasteiger partial charge in [-0.15, -0.1) is 12.4 Å². The molecule has 1 aromatic rings. The second-order valence-corrected chi connectivity index (χ2v) is 5.92. The summed E-state index contributed by atoms with van der Waals surface area (Å²) in [6, 6.07) is 5.46. The van der Waals surface area contributed by atoms with Crippen molar-refractivity contribution >= 4 is 29.9 Å². The number of carbonyl (C=O) groups is 1. The van der Waals surface area contributed by atoms with Gasteiger partial charge in [-0.3, -0.25) is 4.79 Å². The van der Waals surface area contributed by atoms with Crippen LogP contribution in [0.3, 0.4) is 0 Å². The molecule has 0 radical (unpaired) electrons. The molecule has 0 heterocycles. The van der Waals surface area contributed by atoms with E-state index in [2.05, 4.69) is 0 Å². The Morgan fingerprint density at radius 2 is 2.00 bits per heavy atom. The number of hydrogen-bond acceptors (Lipinski definition) is 2. The minimum Gasteiger partial charge on any atom is -0.341 e. The molecule has 0 atom stereocenters. The summed E-state index contributed by atoms with van der Waals surface area (Å²) in [7, 11) is 1.77. The quantitative estimate of drug-likeness (QED) is 0.929. The van der Waals surface area contributed by atoms with E-state index in [1.807, 2.05) is 26.8 Å². The van der Waals surface area contributed by atoms with Gasteiger partial charge in [0.2, 0.25) is 0 Å². The molecule has 1 aromatic carbocycles. The third-order valence-electron chi connectivity index (χ3n) is 2.92. The van der Waals surface area contributed by atoms with E-state index < -0.39 is 0 Å². The zero-order valence-electron chi connectivity index (χ0n) is 11.9. The maximum Gasteiger partial charge on any atom is 0.255 e. The summed E-state index contributed by atoms with van der Waals surface area (Å²) in [6.07, 6.45) is 0. The average Bonchev–Trinajstić information content (AvgIpc) is 2.27. The van der Waals surface area contributed by atoms with Crippen LogP contribution in [0.15, 0.2) is 18.2 Å². The van der Waals surface area contributed by atoms with Crippen LogP contribution in [0.1, 0.15) is 29.8 Å². The van der Waals surface area contributed by atoms with E-state index in [9.17, 15) is 4.79 Å². The van der Waals surface area contributed by atoms with Crippen molar-refractivity contribution in [1.29, 1.82) is 0 Å². The summed E-state index contributed by atoms with van der Waals surface area (Å²) in [4.78, 5) is 13.9. The number of rotatable bonds is 4. The summed E-state index contributed by atoms with van der Waals surface area (Å²) < 4.78 is 0. The molecule has 0 aliphatic rings. The molecular formula is C14H22Cl2N2O. The number of hydrogen-bond donors (Lipinski definition) is 1. The Morgan fingerprint density at radius 3 is 2.47 bits per heavy atom. The van der Waals surface area contributed by atoms with E-state index in [0.29, 0.717) is 23.7 Å². The zero-order chi connectivity index (χ0) is 13.9. The van der Waals surface area contributed by atoms with Crippen LogP contribution in [0, 0.1) is 12.3 Å². The van der Waals surface area contributed by atoms with Crippen LogP contribution in [-0.2, 0) is 0 Å². The van der Waals surface area contributed by atoms with Gasteiger partial charge in [0.15, 0.2) is 0 Å². The van der Waals surface area contributed by atoms with Gasteiger partial charge in [-0.1, -0.05) is 31.5 Å². The number of amides is 1. The molecular weight excluding hydrogens is 283 g/mol. The summed E-state index contributed by atoms with van der Waals surface area (Å²) in [5.41, 5.74) is 7.17. The van der Waals surface area contributed by atoms with Crippen LogP contribution < -0.4 is 5.73 Å². The van der Waals surface area contributed by atoms with Gasteiger partial charge in [0.05, 0.1) is 10.6 Å². The number of halogens is 2. The lowest BCUT2D eigenvalue weighted by Gasteiger charge is -2.29. The second-order valence-electron chi connectivity index (χ2n) is 5.51. The van der Waals surface area contributed by atoms with Crippen molar-refractivity contribution in [3.8, 4) is 0 Å². The first kappa shape index (κ1) is 18.2. The maximum atomic E-state index is 12.3. The van der Waals surface area contributed by atoms with Crippen molar-refractivity contribution in [2.45, 2.75) is 20.8 Å². The highest BCUT2D eigenvalue weighted by Gasteiger charge is 2.22. The molecule has 0 spiro atoms.